The van der Waals surface area contributed by atoms with Crippen molar-refractivity contribution < 1.29 is 9.90 Å². The van der Waals surface area contributed by atoms with Gasteiger partial charge in [-0.15, -0.1) is 0 Å². The highest BCUT2D eigenvalue weighted by atomic mass is 16.4. The Morgan fingerprint density at radius 1 is 1.10 bits per heavy atom. The third-order valence-corrected chi connectivity index (χ3v) is 6.18. The Labute approximate surface area is 120 Å². The van der Waals surface area contributed by atoms with Gasteiger partial charge in [-0.1, -0.05) is 29.8 Å². The molecule has 2 nitrogen and oxygen atoms in total. The number of aliphatic carboxylic acids is 1. The summed E-state index contributed by atoms with van der Waals surface area (Å²) in [5.74, 6) is 0.727. The van der Waals surface area contributed by atoms with E-state index in [-0.39, 0.29) is 5.41 Å². The fourth-order valence-electron chi connectivity index (χ4n) is 5.76. The lowest BCUT2D eigenvalue weighted by atomic mass is 9.43. The monoisotopic (exact) mass is 270 g/mol. The van der Waals surface area contributed by atoms with Gasteiger partial charge in [0.1, 0.15) is 0 Å². The van der Waals surface area contributed by atoms with Crippen LogP contribution in [-0.4, -0.2) is 11.1 Å². The van der Waals surface area contributed by atoms with Gasteiger partial charge in [0.25, 0.3) is 0 Å². The molecule has 0 radical (unpaired) electrons. The Balaban J connectivity index is 1.79. The molecule has 4 saturated carbocycles. The summed E-state index contributed by atoms with van der Waals surface area (Å²) in [6.07, 6.45) is 6.40. The van der Waals surface area contributed by atoms with E-state index in [1.165, 1.54) is 30.4 Å². The molecular formula is C18H22O2. The van der Waals surface area contributed by atoms with Crippen LogP contribution >= 0.6 is 0 Å². The molecule has 4 fully saturated rings. The maximum absolute atomic E-state index is 11.9. The number of hydrogen-bond acceptors (Lipinski definition) is 1. The number of benzene rings is 1. The first-order valence-electron chi connectivity index (χ1n) is 7.82. The Morgan fingerprint density at radius 2 is 1.70 bits per heavy atom. The van der Waals surface area contributed by atoms with Crippen LogP contribution in [0.3, 0.4) is 0 Å². The zero-order valence-corrected chi connectivity index (χ0v) is 12.1. The van der Waals surface area contributed by atoms with Gasteiger partial charge in [0.15, 0.2) is 0 Å². The molecule has 5 rings (SSSR count). The number of carboxylic acids is 1. The number of carboxylic acid groups (broad SMARTS) is 1. The van der Waals surface area contributed by atoms with Crippen molar-refractivity contribution in [3.8, 4) is 0 Å². The molecule has 0 spiro atoms. The van der Waals surface area contributed by atoms with Crippen molar-refractivity contribution in [3.63, 3.8) is 0 Å². The average molecular weight is 270 g/mol. The second-order valence-electron chi connectivity index (χ2n) is 7.69. The van der Waals surface area contributed by atoms with E-state index in [9.17, 15) is 9.90 Å². The molecule has 0 aromatic heterocycles. The van der Waals surface area contributed by atoms with Gasteiger partial charge in [0.2, 0.25) is 0 Å². The van der Waals surface area contributed by atoms with Crippen LogP contribution in [0.1, 0.15) is 49.7 Å². The van der Waals surface area contributed by atoms with Gasteiger partial charge in [-0.25, -0.2) is 0 Å². The Hall–Kier alpha value is -1.31. The Kier molecular flexibility index (Phi) is 2.40. The third kappa shape index (κ3) is 1.60. The van der Waals surface area contributed by atoms with Crippen LogP contribution in [-0.2, 0) is 10.2 Å². The molecular weight excluding hydrogens is 248 g/mol. The van der Waals surface area contributed by atoms with Gasteiger partial charge in [-0.2, -0.15) is 0 Å². The van der Waals surface area contributed by atoms with Gasteiger partial charge < -0.3 is 5.11 Å². The maximum Gasteiger partial charge on any atom is 0.309 e. The van der Waals surface area contributed by atoms with Crippen LogP contribution in [0.15, 0.2) is 24.3 Å². The fourth-order valence-corrected chi connectivity index (χ4v) is 5.76. The third-order valence-electron chi connectivity index (χ3n) is 6.18. The molecule has 4 bridgehead atoms. The number of aryl methyl sites for hydroxylation is 1. The van der Waals surface area contributed by atoms with E-state index >= 15 is 0 Å². The number of hydrogen-bond donors (Lipinski definition) is 1. The van der Waals surface area contributed by atoms with E-state index in [1.54, 1.807) is 0 Å². The molecule has 0 heterocycles. The van der Waals surface area contributed by atoms with E-state index in [4.69, 9.17) is 0 Å². The van der Waals surface area contributed by atoms with Crippen LogP contribution in [0, 0.1) is 24.2 Å². The largest absolute Gasteiger partial charge is 0.481 e. The molecule has 4 aliphatic rings. The zero-order chi connectivity index (χ0) is 14.0. The first-order chi connectivity index (χ1) is 9.51. The highest BCUT2D eigenvalue weighted by molar-refractivity contribution is 5.76. The van der Waals surface area contributed by atoms with Gasteiger partial charge in [-0.05, 0) is 68.3 Å². The summed E-state index contributed by atoms with van der Waals surface area (Å²) in [4.78, 5) is 11.9. The Morgan fingerprint density at radius 3 is 2.25 bits per heavy atom. The molecule has 20 heavy (non-hydrogen) atoms. The first-order valence-corrected chi connectivity index (χ1v) is 7.82. The van der Waals surface area contributed by atoms with Crippen LogP contribution in [0.4, 0.5) is 0 Å². The van der Waals surface area contributed by atoms with Gasteiger partial charge >= 0.3 is 5.97 Å². The van der Waals surface area contributed by atoms with E-state index < -0.39 is 11.4 Å². The standard InChI is InChI=1S/C18H22O2/c1-12-2-4-15(5-3-12)17-7-13-6-14(8-17)10-18(9-13,11-17)16(19)20/h2-5,13-14H,6-11H2,1H3,(H,19,20)/t13-,14-,17?,18?/m1/s1. The molecule has 1 N–H and O–H groups in total. The van der Waals surface area contributed by atoms with Crippen molar-refractivity contribution in [2.24, 2.45) is 17.3 Å². The van der Waals surface area contributed by atoms with Gasteiger partial charge in [-0.3, -0.25) is 4.79 Å². The lowest BCUT2D eigenvalue weighted by Crippen LogP contribution is -2.56. The van der Waals surface area contributed by atoms with Crippen LogP contribution in [0.5, 0.6) is 0 Å². The average Bonchev–Trinajstić information content (AvgIpc) is 2.37. The molecule has 0 aliphatic heterocycles. The summed E-state index contributed by atoms with van der Waals surface area (Å²) < 4.78 is 0. The van der Waals surface area contributed by atoms with Crippen molar-refractivity contribution >= 4 is 5.97 Å². The van der Waals surface area contributed by atoms with Crippen molar-refractivity contribution in [2.75, 3.05) is 0 Å². The molecule has 106 valence electrons. The highest BCUT2D eigenvalue weighted by Gasteiger charge is 2.61. The lowest BCUT2D eigenvalue weighted by molar-refractivity contribution is -0.167. The summed E-state index contributed by atoms with van der Waals surface area (Å²) in [6, 6.07) is 8.86. The molecule has 0 saturated heterocycles. The second-order valence-corrected chi connectivity index (χ2v) is 7.69. The van der Waals surface area contributed by atoms with E-state index in [2.05, 4.69) is 31.2 Å². The summed E-state index contributed by atoms with van der Waals surface area (Å²) >= 11 is 0. The molecule has 0 unspecified atom stereocenters. The normalized spacial score (nSPS) is 41.9. The van der Waals surface area contributed by atoms with Gasteiger partial charge in [0.05, 0.1) is 5.41 Å². The smallest absolute Gasteiger partial charge is 0.309 e. The van der Waals surface area contributed by atoms with E-state index in [0.717, 1.165) is 19.3 Å². The zero-order valence-electron chi connectivity index (χ0n) is 12.1. The summed E-state index contributed by atoms with van der Waals surface area (Å²) in [7, 11) is 0. The van der Waals surface area contributed by atoms with E-state index in [1.807, 2.05) is 0 Å². The minimum absolute atomic E-state index is 0.149. The van der Waals surface area contributed by atoms with Crippen molar-refractivity contribution in [1.29, 1.82) is 0 Å². The predicted molar refractivity (Wildman–Crippen MR) is 77.6 cm³/mol. The Bertz CT molecular complexity index is 543. The van der Waals surface area contributed by atoms with Crippen molar-refractivity contribution in [1.82, 2.24) is 0 Å². The van der Waals surface area contributed by atoms with Gasteiger partial charge in [0, 0.05) is 0 Å². The molecule has 0 amide bonds. The summed E-state index contributed by atoms with van der Waals surface area (Å²) in [5.41, 5.74) is 2.40. The minimum atomic E-state index is -0.539. The molecule has 1 aromatic rings. The minimum Gasteiger partial charge on any atom is -0.481 e. The SMILES string of the molecule is Cc1ccc(C23C[C@H]4C[C@@H](CC(C(=O)O)(C4)C2)C3)cc1. The second kappa shape index (κ2) is 3.87. The maximum atomic E-state index is 11.9. The number of rotatable bonds is 2. The highest BCUT2D eigenvalue weighted by Crippen LogP contribution is 2.65. The van der Waals surface area contributed by atoms with Crippen molar-refractivity contribution in [2.45, 2.75) is 50.9 Å². The lowest BCUT2D eigenvalue weighted by Gasteiger charge is -2.60. The van der Waals surface area contributed by atoms with Crippen LogP contribution in [0.2, 0.25) is 0 Å². The van der Waals surface area contributed by atoms with E-state index in [0.29, 0.717) is 11.8 Å². The molecule has 1 aromatic carbocycles. The van der Waals surface area contributed by atoms with Crippen LogP contribution in [0.25, 0.3) is 0 Å². The van der Waals surface area contributed by atoms with Crippen LogP contribution < -0.4 is 0 Å². The first kappa shape index (κ1) is 12.4. The topological polar surface area (TPSA) is 37.3 Å². The van der Waals surface area contributed by atoms with Crippen molar-refractivity contribution in [3.05, 3.63) is 35.4 Å². The molecule has 2 heteroatoms. The molecule has 2 atom stereocenters. The summed E-state index contributed by atoms with van der Waals surface area (Å²) in [5, 5.41) is 9.78. The number of carbonyl (C=O) groups is 1. The molecule has 4 aliphatic carbocycles. The quantitative estimate of drug-likeness (QED) is 0.884. The predicted octanol–water partition coefficient (Wildman–Crippen LogP) is 3.92. The fraction of sp³-hybridized carbons (Fsp3) is 0.611. The summed E-state index contributed by atoms with van der Waals surface area (Å²) in [6.45, 7) is 2.11.